The van der Waals surface area contributed by atoms with Crippen molar-refractivity contribution in [1.29, 1.82) is 0 Å². The van der Waals surface area contributed by atoms with Gasteiger partial charge in [-0.15, -0.1) is 0 Å². The molecule has 1 fully saturated rings. The molecule has 0 aromatic heterocycles. The summed E-state index contributed by atoms with van der Waals surface area (Å²) in [6, 6.07) is 25.5. The van der Waals surface area contributed by atoms with Crippen molar-refractivity contribution in [3.05, 3.63) is 128 Å². The van der Waals surface area contributed by atoms with Gasteiger partial charge in [0.05, 0.1) is 38.8 Å². The normalized spacial score (nSPS) is 22.4. The molecule has 8 rings (SSSR count). The average Bonchev–Trinajstić information content (AvgIpc) is 3.20. The first-order valence-corrected chi connectivity index (χ1v) is 13.6. The number of halogens is 3. The average molecular weight is 574 g/mol. The van der Waals surface area contributed by atoms with Crippen LogP contribution >= 0.6 is 34.8 Å². The standard InChI is InChI=1S/C31H19Cl3N2O3/c32-15-9-11-21(22(33)13-15)29(37)35-24-12-10-16(14-23(24)34)36-30(38)27-25-17-5-1-2-6-18(17)26(28(27)31(36)39)20-8-4-3-7-19(20)25/h1-14,25-28H,(H,35,37). The molecule has 1 saturated heterocycles. The molecule has 1 N–H and O–H groups in total. The molecule has 4 aromatic carbocycles. The van der Waals surface area contributed by atoms with Crippen LogP contribution in [0.4, 0.5) is 11.4 Å². The Hall–Kier alpha value is -3.64. The molecule has 1 aliphatic heterocycles. The Morgan fingerprint density at radius 1 is 0.667 bits per heavy atom. The van der Waals surface area contributed by atoms with Crippen molar-refractivity contribution in [1.82, 2.24) is 0 Å². The van der Waals surface area contributed by atoms with E-state index in [0.717, 1.165) is 22.3 Å². The highest BCUT2D eigenvalue weighted by molar-refractivity contribution is 6.38. The highest BCUT2D eigenvalue weighted by Crippen LogP contribution is 2.61. The number of rotatable bonds is 3. The zero-order valence-electron chi connectivity index (χ0n) is 20.2. The molecule has 2 atom stereocenters. The molecular weight excluding hydrogens is 555 g/mol. The summed E-state index contributed by atoms with van der Waals surface area (Å²) in [5.74, 6) is -2.28. The molecule has 5 nitrogen and oxygen atoms in total. The van der Waals surface area contributed by atoms with Gasteiger partial charge in [-0.3, -0.25) is 14.4 Å². The monoisotopic (exact) mass is 572 g/mol. The third-order valence-corrected chi connectivity index (χ3v) is 8.94. The number of imide groups is 1. The molecule has 1 heterocycles. The fourth-order valence-corrected chi connectivity index (χ4v) is 7.26. The van der Waals surface area contributed by atoms with Crippen LogP contribution in [0.1, 0.15) is 44.4 Å². The highest BCUT2D eigenvalue weighted by Gasteiger charge is 2.61. The summed E-state index contributed by atoms with van der Waals surface area (Å²) in [5, 5.41) is 3.55. The summed E-state index contributed by atoms with van der Waals surface area (Å²) >= 11 is 18.7. The second-order valence-electron chi connectivity index (χ2n) is 10.0. The molecule has 192 valence electrons. The smallest absolute Gasteiger partial charge is 0.257 e. The van der Waals surface area contributed by atoms with Crippen LogP contribution in [0.5, 0.6) is 0 Å². The fraction of sp³-hybridized carbons (Fsp3) is 0.129. The molecule has 8 heteroatoms. The maximum absolute atomic E-state index is 14.0. The Morgan fingerprint density at radius 3 is 1.69 bits per heavy atom. The second kappa shape index (κ2) is 8.95. The van der Waals surface area contributed by atoms with Crippen molar-refractivity contribution in [2.24, 2.45) is 11.8 Å². The Morgan fingerprint density at radius 2 is 1.21 bits per heavy atom. The van der Waals surface area contributed by atoms with Gasteiger partial charge in [0.15, 0.2) is 0 Å². The molecule has 4 aliphatic rings. The van der Waals surface area contributed by atoms with Crippen LogP contribution in [0.25, 0.3) is 0 Å². The largest absolute Gasteiger partial charge is 0.321 e. The van der Waals surface area contributed by atoms with E-state index in [2.05, 4.69) is 29.6 Å². The van der Waals surface area contributed by atoms with E-state index in [0.29, 0.717) is 16.4 Å². The summed E-state index contributed by atoms with van der Waals surface area (Å²) < 4.78 is 0. The van der Waals surface area contributed by atoms with Crippen molar-refractivity contribution in [2.45, 2.75) is 11.8 Å². The predicted octanol–water partition coefficient (Wildman–Crippen LogP) is 7.30. The van der Waals surface area contributed by atoms with E-state index in [1.165, 1.54) is 23.1 Å². The van der Waals surface area contributed by atoms with Gasteiger partial charge in [-0.2, -0.15) is 0 Å². The van der Waals surface area contributed by atoms with Crippen molar-refractivity contribution in [2.75, 3.05) is 10.2 Å². The van der Waals surface area contributed by atoms with Crippen molar-refractivity contribution in [3.63, 3.8) is 0 Å². The third-order valence-electron chi connectivity index (χ3n) is 8.08. The first-order valence-electron chi connectivity index (χ1n) is 12.5. The molecular formula is C31H19Cl3N2O3. The van der Waals surface area contributed by atoms with Crippen LogP contribution < -0.4 is 10.2 Å². The Kier molecular flexibility index (Phi) is 5.60. The van der Waals surface area contributed by atoms with Gasteiger partial charge >= 0.3 is 0 Å². The minimum atomic E-state index is -0.488. The number of hydrogen-bond donors (Lipinski definition) is 1. The number of carbonyl (C=O) groups excluding carboxylic acids is 3. The molecule has 4 aromatic rings. The topological polar surface area (TPSA) is 66.5 Å². The van der Waals surface area contributed by atoms with Gasteiger partial charge in [-0.05, 0) is 58.7 Å². The van der Waals surface area contributed by atoms with Gasteiger partial charge in [0, 0.05) is 16.9 Å². The summed E-state index contributed by atoms with van der Waals surface area (Å²) in [6.45, 7) is 0. The number of anilines is 2. The number of nitrogens with one attached hydrogen (secondary N) is 1. The van der Waals surface area contributed by atoms with Crippen molar-refractivity contribution >= 4 is 63.9 Å². The minimum Gasteiger partial charge on any atom is -0.321 e. The number of carbonyl (C=O) groups is 3. The number of hydrogen-bond acceptors (Lipinski definition) is 3. The van der Waals surface area contributed by atoms with E-state index < -0.39 is 17.7 Å². The summed E-state index contributed by atoms with van der Waals surface area (Å²) in [4.78, 5) is 42.0. The van der Waals surface area contributed by atoms with E-state index in [1.807, 2.05) is 24.3 Å². The van der Waals surface area contributed by atoms with E-state index in [9.17, 15) is 14.4 Å². The van der Waals surface area contributed by atoms with Crippen molar-refractivity contribution in [3.8, 4) is 0 Å². The van der Waals surface area contributed by atoms with Crippen LogP contribution in [0.2, 0.25) is 15.1 Å². The lowest BCUT2D eigenvalue weighted by Crippen LogP contribution is -2.41. The van der Waals surface area contributed by atoms with Gasteiger partial charge in [-0.1, -0.05) is 83.3 Å². The van der Waals surface area contributed by atoms with Crippen LogP contribution in [0.3, 0.4) is 0 Å². The van der Waals surface area contributed by atoms with E-state index in [1.54, 1.807) is 18.2 Å². The minimum absolute atomic E-state index is 0.188. The SMILES string of the molecule is O=C(Nc1ccc(N2C(=O)C3C4c5ccccc5C(c5ccccc54)C3C2=O)cc1Cl)c1ccc(Cl)cc1Cl. The van der Waals surface area contributed by atoms with E-state index in [-0.39, 0.29) is 39.3 Å². The lowest BCUT2D eigenvalue weighted by molar-refractivity contribution is -0.122. The Balaban J connectivity index is 1.23. The number of amides is 3. The maximum atomic E-state index is 14.0. The molecule has 39 heavy (non-hydrogen) atoms. The number of nitrogens with zero attached hydrogens (tertiary/aromatic N) is 1. The number of benzene rings is 4. The molecule has 2 unspecified atom stereocenters. The van der Waals surface area contributed by atoms with Crippen molar-refractivity contribution < 1.29 is 14.4 Å². The molecule has 3 aliphatic carbocycles. The molecule has 0 saturated carbocycles. The first-order chi connectivity index (χ1) is 18.8. The third kappa shape index (κ3) is 3.57. The van der Waals surface area contributed by atoms with Gasteiger partial charge in [0.1, 0.15) is 0 Å². The molecule has 2 bridgehead atoms. The Labute approximate surface area is 239 Å². The zero-order valence-corrected chi connectivity index (χ0v) is 22.5. The van der Waals surface area contributed by atoms with Crippen LogP contribution in [0.15, 0.2) is 84.9 Å². The lowest BCUT2D eigenvalue weighted by atomic mass is 9.55. The fourth-order valence-electron chi connectivity index (χ4n) is 6.54. The molecule has 0 radical (unpaired) electrons. The van der Waals surface area contributed by atoms with Gasteiger partial charge in [0.25, 0.3) is 5.91 Å². The van der Waals surface area contributed by atoms with E-state index in [4.69, 9.17) is 34.8 Å². The quantitative estimate of drug-likeness (QED) is 0.262. The molecule has 0 spiro atoms. The van der Waals surface area contributed by atoms with Gasteiger partial charge < -0.3 is 5.32 Å². The predicted molar refractivity (Wildman–Crippen MR) is 152 cm³/mol. The summed E-state index contributed by atoms with van der Waals surface area (Å²) in [6.07, 6.45) is 0. The maximum Gasteiger partial charge on any atom is 0.257 e. The second-order valence-corrected chi connectivity index (χ2v) is 11.3. The highest BCUT2D eigenvalue weighted by atomic mass is 35.5. The Bertz CT molecular complexity index is 1620. The van der Waals surface area contributed by atoms with Crippen LogP contribution in [0, 0.1) is 11.8 Å². The van der Waals surface area contributed by atoms with E-state index >= 15 is 0 Å². The van der Waals surface area contributed by atoms with Gasteiger partial charge in [0.2, 0.25) is 11.8 Å². The molecule has 3 amide bonds. The van der Waals surface area contributed by atoms with Gasteiger partial charge in [-0.25, -0.2) is 4.90 Å². The first kappa shape index (κ1) is 24.4. The van der Waals surface area contributed by atoms with Crippen LogP contribution in [-0.2, 0) is 9.59 Å². The zero-order chi connectivity index (χ0) is 27.0. The lowest BCUT2D eigenvalue weighted by Gasteiger charge is -2.45. The van der Waals surface area contributed by atoms with Crippen LogP contribution in [-0.4, -0.2) is 17.7 Å². The summed E-state index contributed by atoms with van der Waals surface area (Å²) in [7, 11) is 0. The summed E-state index contributed by atoms with van der Waals surface area (Å²) in [5.41, 5.74) is 5.40.